The van der Waals surface area contributed by atoms with E-state index in [1.807, 2.05) is 24.3 Å². The number of rotatable bonds is 7. The molecule has 0 fully saturated rings. The zero-order valence-electron chi connectivity index (χ0n) is 16.0. The lowest BCUT2D eigenvalue weighted by atomic mass is 10.0. The number of nitrogens with one attached hydrogen (secondary N) is 2. The van der Waals surface area contributed by atoms with Gasteiger partial charge in [0.15, 0.2) is 0 Å². The smallest absolute Gasteiger partial charge is 0.215 e. The van der Waals surface area contributed by atoms with Crippen LogP contribution in [0.1, 0.15) is 53.0 Å². The Hall–Kier alpha value is -2.14. The van der Waals surface area contributed by atoms with Crippen LogP contribution in [0, 0.1) is 18.3 Å². The number of nitrogens with zero attached hydrogens (tertiary/aromatic N) is 2. The summed E-state index contributed by atoms with van der Waals surface area (Å²) in [4.78, 5) is 0. The van der Waals surface area contributed by atoms with Gasteiger partial charge in [-0.05, 0) is 44.9 Å². The maximum absolute atomic E-state index is 11.9. The first kappa shape index (κ1) is 19.6. The van der Waals surface area contributed by atoms with Crippen LogP contribution in [0.5, 0.6) is 0 Å². The van der Waals surface area contributed by atoms with Crippen molar-refractivity contribution in [1.82, 2.24) is 14.6 Å². The molecular formula is C20H26N4O2S. The topological polar surface area (TPSA) is 86.9 Å². The number of sulfonamides is 1. The maximum atomic E-state index is 11.9. The summed E-state index contributed by atoms with van der Waals surface area (Å²) in [6, 6.07) is 9.95. The molecular weight excluding hydrogens is 360 g/mol. The van der Waals surface area contributed by atoms with Crippen LogP contribution in [0.3, 0.4) is 0 Å². The second-order valence-electron chi connectivity index (χ2n) is 7.02. The van der Waals surface area contributed by atoms with E-state index in [1.165, 1.54) is 7.05 Å². The first-order valence-corrected chi connectivity index (χ1v) is 10.9. The molecule has 0 aliphatic carbocycles. The summed E-state index contributed by atoms with van der Waals surface area (Å²) < 4.78 is 28.5. The van der Waals surface area contributed by atoms with Crippen molar-refractivity contribution >= 4 is 10.0 Å². The molecule has 0 radical (unpaired) electrons. The normalized spacial score (nSPS) is 14.7. The Morgan fingerprint density at radius 1 is 1.30 bits per heavy atom. The zero-order chi connectivity index (χ0) is 19.6. The maximum Gasteiger partial charge on any atom is 0.215 e. The zero-order valence-corrected chi connectivity index (χ0v) is 16.9. The summed E-state index contributed by atoms with van der Waals surface area (Å²) in [5.74, 6) is -0.0429. The summed E-state index contributed by atoms with van der Waals surface area (Å²) in [6.07, 6.45) is 2.06. The minimum absolute atomic E-state index is 0.00622. The van der Waals surface area contributed by atoms with Gasteiger partial charge in [-0.2, -0.15) is 5.26 Å². The van der Waals surface area contributed by atoms with Crippen LogP contribution < -0.4 is 10.0 Å². The molecule has 0 spiro atoms. The molecule has 1 aliphatic heterocycles. The van der Waals surface area contributed by atoms with Crippen molar-refractivity contribution in [1.29, 1.82) is 5.26 Å². The largest absolute Gasteiger partial charge is 0.347 e. The number of nitriles is 1. The third-order valence-corrected chi connectivity index (χ3v) is 6.71. The van der Waals surface area contributed by atoms with E-state index >= 15 is 0 Å². The molecule has 0 saturated heterocycles. The molecule has 1 atom stereocenters. The average Bonchev–Trinajstić information content (AvgIpc) is 3.22. The predicted molar refractivity (Wildman–Crippen MR) is 106 cm³/mol. The van der Waals surface area contributed by atoms with Crippen LogP contribution in [0.2, 0.25) is 0 Å². The fraction of sp³-hybridized carbons (Fsp3) is 0.450. The van der Waals surface area contributed by atoms with E-state index in [9.17, 15) is 13.7 Å². The Balaban J connectivity index is 1.80. The first-order valence-electron chi connectivity index (χ1n) is 9.21. The van der Waals surface area contributed by atoms with Crippen LogP contribution >= 0.6 is 0 Å². The molecule has 0 amide bonds. The van der Waals surface area contributed by atoms with Gasteiger partial charge in [0.05, 0.1) is 11.3 Å². The molecule has 27 heavy (non-hydrogen) atoms. The van der Waals surface area contributed by atoms with Crippen molar-refractivity contribution in [3.63, 3.8) is 0 Å². The van der Waals surface area contributed by atoms with Gasteiger partial charge in [0, 0.05) is 36.1 Å². The average molecular weight is 387 g/mol. The molecule has 0 saturated carbocycles. The molecule has 144 valence electrons. The highest BCUT2D eigenvalue weighted by Crippen LogP contribution is 2.32. The summed E-state index contributed by atoms with van der Waals surface area (Å²) >= 11 is 0. The van der Waals surface area contributed by atoms with Gasteiger partial charge >= 0.3 is 0 Å². The Labute approximate surface area is 161 Å². The molecule has 2 heterocycles. The van der Waals surface area contributed by atoms with Gasteiger partial charge in [-0.15, -0.1) is 0 Å². The number of hydrogen-bond acceptors (Lipinski definition) is 4. The van der Waals surface area contributed by atoms with Crippen LogP contribution in [0.15, 0.2) is 24.3 Å². The molecule has 6 nitrogen and oxygen atoms in total. The lowest BCUT2D eigenvalue weighted by Gasteiger charge is -2.17. The number of benzene rings is 1. The third kappa shape index (κ3) is 3.93. The fourth-order valence-electron chi connectivity index (χ4n) is 3.95. The van der Waals surface area contributed by atoms with Crippen molar-refractivity contribution in [3.05, 3.63) is 57.9 Å². The van der Waals surface area contributed by atoms with E-state index in [1.54, 1.807) is 0 Å². The van der Waals surface area contributed by atoms with Crippen molar-refractivity contribution in [3.8, 4) is 6.07 Å². The number of hydrogen-bond donors (Lipinski definition) is 2. The molecule has 1 aromatic heterocycles. The Bertz CT molecular complexity index is 986. The standard InChI is InChI=1S/C20H26N4O2S/c1-14(20-15(2)24-10-6-9-19(24)18(20)11-21)23-12-16-7-4-5-8-17(16)13-27(25,26)22-3/h4-5,7-8,14,22-23H,6,9-10,12-13H2,1-3H3. The predicted octanol–water partition coefficient (Wildman–Crippen LogP) is 2.51. The van der Waals surface area contributed by atoms with Crippen LogP contribution in [-0.4, -0.2) is 20.0 Å². The van der Waals surface area contributed by atoms with Gasteiger partial charge in [0.2, 0.25) is 10.0 Å². The van der Waals surface area contributed by atoms with Crippen LogP contribution in [0.25, 0.3) is 0 Å². The molecule has 2 N–H and O–H groups in total. The minimum atomic E-state index is -3.33. The lowest BCUT2D eigenvalue weighted by Crippen LogP contribution is -2.23. The molecule has 1 aromatic carbocycles. The van der Waals surface area contributed by atoms with Gasteiger partial charge in [0.25, 0.3) is 0 Å². The molecule has 1 unspecified atom stereocenters. The highest BCUT2D eigenvalue weighted by Gasteiger charge is 2.26. The third-order valence-electron chi connectivity index (χ3n) is 5.39. The highest BCUT2D eigenvalue weighted by molar-refractivity contribution is 7.88. The summed E-state index contributed by atoms with van der Waals surface area (Å²) in [5, 5.41) is 13.1. The first-order chi connectivity index (χ1) is 12.9. The van der Waals surface area contributed by atoms with E-state index in [0.717, 1.165) is 53.0 Å². The quantitative estimate of drug-likeness (QED) is 0.765. The van der Waals surface area contributed by atoms with E-state index in [4.69, 9.17) is 0 Å². The van der Waals surface area contributed by atoms with Crippen molar-refractivity contribution in [2.24, 2.45) is 0 Å². The van der Waals surface area contributed by atoms with Gasteiger partial charge in [-0.1, -0.05) is 24.3 Å². The van der Waals surface area contributed by atoms with Crippen LogP contribution in [0.4, 0.5) is 0 Å². The van der Waals surface area contributed by atoms with Gasteiger partial charge in [-0.3, -0.25) is 0 Å². The van der Waals surface area contributed by atoms with Gasteiger partial charge < -0.3 is 9.88 Å². The second kappa shape index (κ2) is 7.85. The SMILES string of the molecule is CNS(=O)(=O)Cc1ccccc1CNC(C)c1c(C#N)c2n(c1C)CCC2. The van der Waals surface area contributed by atoms with E-state index < -0.39 is 10.0 Å². The second-order valence-corrected chi connectivity index (χ2v) is 8.95. The van der Waals surface area contributed by atoms with Crippen molar-refractivity contribution in [2.75, 3.05) is 7.05 Å². The van der Waals surface area contributed by atoms with Crippen LogP contribution in [-0.2, 0) is 35.3 Å². The molecule has 3 rings (SSSR count). The Morgan fingerprint density at radius 2 is 2.00 bits per heavy atom. The summed E-state index contributed by atoms with van der Waals surface area (Å²) in [5.41, 5.74) is 5.90. The molecule has 0 bridgehead atoms. The minimum Gasteiger partial charge on any atom is -0.347 e. The Kier molecular flexibility index (Phi) is 5.70. The monoisotopic (exact) mass is 386 g/mol. The number of aromatic nitrogens is 1. The van der Waals surface area contributed by atoms with Crippen molar-refractivity contribution < 1.29 is 8.42 Å². The molecule has 1 aliphatic rings. The lowest BCUT2D eigenvalue weighted by molar-refractivity contribution is 0.564. The van der Waals surface area contributed by atoms with E-state index in [0.29, 0.717) is 6.54 Å². The molecule has 7 heteroatoms. The van der Waals surface area contributed by atoms with Gasteiger partial charge in [0.1, 0.15) is 6.07 Å². The highest BCUT2D eigenvalue weighted by atomic mass is 32.2. The Morgan fingerprint density at radius 3 is 2.67 bits per heavy atom. The summed E-state index contributed by atoms with van der Waals surface area (Å²) in [6.45, 7) is 5.66. The van der Waals surface area contributed by atoms with E-state index in [2.05, 4.69) is 34.5 Å². The van der Waals surface area contributed by atoms with Gasteiger partial charge in [-0.25, -0.2) is 13.1 Å². The number of fused-ring (bicyclic) bond motifs is 1. The fourth-order valence-corrected chi connectivity index (χ4v) is 4.79. The van der Waals surface area contributed by atoms with E-state index in [-0.39, 0.29) is 11.8 Å². The molecule has 2 aromatic rings. The summed E-state index contributed by atoms with van der Waals surface area (Å²) in [7, 11) is -1.90. The van der Waals surface area contributed by atoms with Crippen molar-refractivity contribution in [2.45, 2.75) is 51.6 Å².